The van der Waals surface area contributed by atoms with Crippen LogP contribution in [0.15, 0.2) is 46.5 Å². The first-order valence-corrected chi connectivity index (χ1v) is 8.08. The van der Waals surface area contributed by atoms with Crippen LogP contribution in [0.4, 0.5) is 0 Å². The van der Waals surface area contributed by atoms with Gasteiger partial charge < -0.3 is 27.8 Å². The van der Waals surface area contributed by atoms with Crippen molar-refractivity contribution in [1.82, 2.24) is 15.0 Å². The molecule has 0 radical (unpaired) electrons. The van der Waals surface area contributed by atoms with E-state index in [0.717, 1.165) is 24.4 Å². The molecule has 1 heterocycles. The minimum atomic E-state index is -0.479. The molecule has 0 saturated heterocycles. The zero-order chi connectivity index (χ0) is 17.8. The normalized spacial score (nSPS) is 11.7. The molecule has 0 fully saturated rings. The monoisotopic (exact) mass is 429 g/mol. The van der Waals surface area contributed by atoms with Gasteiger partial charge in [0.25, 0.3) is 0 Å². The van der Waals surface area contributed by atoms with Crippen LogP contribution in [0.1, 0.15) is 11.3 Å². The van der Waals surface area contributed by atoms with E-state index >= 15 is 0 Å². The fourth-order valence-electron chi connectivity index (χ4n) is 1.68. The molecule has 0 saturated carbocycles. The van der Waals surface area contributed by atoms with Gasteiger partial charge in [0.05, 0.1) is 25.8 Å². The molecule has 0 amide bonds. The van der Waals surface area contributed by atoms with Crippen molar-refractivity contribution in [3.8, 4) is 0 Å². The maximum absolute atomic E-state index is 11.4. The van der Waals surface area contributed by atoms with Gasteiger partial charge in [0.2, 0.25) is 0 Å². The third-order valence-corrected chi connectivity index (χ3v) is 2.95. The van der Waals surface area contributed by atoms with Crippen molar-refractivity contribution in [1.29, 1.82) is 0 Å². The summed E-state index contributed by atoms with van der Waals surface area (Å²) in [6.07, 6.45) is 1.73. The van der Waals surface area contributed by atoms with Crippen LogP contribution in [0, 0.1) is 0 Å². The van der Waals surface area contributed by atoms with Crippen molar-refractivity contribution in [2.75, 3.05) is 12.3 Å². The summed E-state index contributed by atoms with van der Waals surface area (Å²) < 4.78 is 9.90. The van der Waals surface area contributed by atoms with Gasteiger partial charge in [-0.3, -0.25) is 4.99 Å². The third kappa shape index (κ3) is 7.58. The summed E-state index contributed by atoms with van der Waals surface area (Å²) in [6.45, 7) is 0.448. The van der Waals surface area contributed by atoms with E-state index in [0.29, 0.717) is 12.2 Å². The first-order valence-electron chi connectivity index (χ1n) is 6.74. The molecule has 8 nitrogen and oxygen atoms in total. The van der Waals surface area contributed by atoms with Gasteiger partial charge >= 0.3 is 22.4 Å². The van der Waals surface area contributed by atoms with Crippen molar-refractivity contribution in [2.24, 2.45) is 9.98 Å². The van der Waals surface area contributed by atoms with E-state index in [-0.39, 0.29) is 18.8 Å². The van der Waals surface area contributed by atoms with E-state index in [9.17, 15) is 10.2 Å². The summed E-state index contributed by atoms with van der Waals surface area (Å²) in [7, 11) is 0. The van der Waals surface area contributed by atoms with Gasteiger partial charge in [-0.25, -0.2) is 4.68 Å². The van der Waals surface area contributed by atoms with Gasteiger partial charge in [-0.2, -0.15) is 0 Å². The van der Waals surface area contributed by atoms with Crippen LogP contribution in [0.3, 0.4) is 0 Å². The molecule has 24 heavy (non-hydrogen) atoms. The van der Waals surface area contributed by atoms with Gasteiger partial charge in [0, 0.05) is 0 Å². The van der Waals surface area contributed by atoms with Crippen molar-refractivity contribution >= 4 is 24.4 Å². The Morgan fingerprint density at radius 3 is 2.54 bits per heavy atom. The van der Waals surface area contributed by atoms with Gasteiger partial charge in [-0.05, 0) is 11.5 Å². The zero-order valence-corrected chi connectivity index (χ0v) is 15.2. The van der Waals surface area contributed by atoms with E-state index in [1.54, 1.807) is 10.9 Å². The Morgan fingerprint density at radius 1 is 1.17 bits per heavy atom. The number of hydrogen-bond donors (Lipinski definition) is 0. The molecule has 0 aliphatic rings. The first-order chi connectivity index (χ1) is 11.7. The van der Waals surface area contributed by atoms with Crippen molar-refractivity contribution in [3.63, 3.8) is 0 Å². The fourth-order valence-corrected chi connectivity index (χ4v) is 1.77. The Bertz CT molecular complexity index is 678. The molecule has 0 aliphatic heterocycles. The van der Waals surface area contributed by atoms with Gasteiger partial charge in [-0.1, -0.05) is 41.4 Å². The summed E-state index contributed by atoms with van der Waals surface area (Å²) in [5.41, 5.74) is 1.69. The summed E-state index contributed by atoms with van der Waals surface area (Å²) >= 11 is 5.42. The van der Waals surface area contributed by atoms with Crippen molar-refractivity contribution in [3.05, 3.63) is 47.8 Å². The van der Waals surface area contributed by atoms with E-state index < -0.39 is 11.8 Å². The molecule has 0 spiro atoms. The third-order valence-electron chi connectivity index (χ3n) is 2.71. The van der Waals surface area contributed by atoms with Crippen LogP contribution in [0.25, 0.3) is 0 Å². The Balaban J connectivity index is 0.00000139. The number of rotatable bonds is 7. The van der Waals surface area contributed by atoms with Gasteiger partial charge in [0.15, 0.2) is 0 Å². The number of benzene rings is 1. The summed E-state index contributed by atoms with van der Waals surface area (Å²) in [6, 6.07) is 9.84. The Morgan fingerprint density at radius 2 is 1.88 bits per heavy atom. The average Bonchev–Trinajstić information content (AvgIpc) is 3.07. The molecular formula is C14H14N5O3STc. The molecule has 1 aromatic heterocycles. The molecule has 0 bridgehead atoms. The Kier molecular flexibility index (Phi) is 9.74. The second kappa shape index (κ2) is 11.6. The molecule has 0 unspecified atom stereocenters. The molecule has 10 heteroatoms. The molecule has 0 atom stereocenters. The number of nitrogens with zero attached hydrogens (tertiary/aromatic N) is 5. The minimum absolute atomic E-state index is 0.116. The van der Waals surface area contributed by atoms with Crippen LogP contribution in [0.5, 0.6) is 0 Å². The molecule has 2 rings (SSSR count). The van der Waals surface area contributed by atoms with Crippen LogP contribution in [0.2, 0.25) is 0 Å². The quantitative estimate of drug-likeness (QED) is 0.308. The topological polar surface area (TPSA) is 119 Å². The van der Waals surface area contributed by atoms with Crippen molar-refractivity contribution < 1.29 is 32.6 Å². The fraction of sp³-hybridized carbons (Fsp3) is 0.286. The summed E-state index contributed by atoms with van der Waals surface area (Å²) in [5.74, 6) is -1.08. The predicted molar refractivity (Wildman–Crippen MR) is 81.9 cm³/mol. The molecule has 0 aliphatic carbocycles. The molecule has 0 N–H and O–H groups in total. The van der Waals surface area contributed by atoms with Crippen molar-refractivity contribution in [2.45, 2.75) is 13.1 Å². The second-order valence-corrected chi connectivity index (χ2v) is 4.75. The summed E-state index contributed by atoms with van der Waals surface area (Å²) in [5, 5.41) is 30.2. The van der Waals surface area contributed by atoms with Crippen LogP contribution >= 0.6 is 0 Å². The Hall–Kier alpha value is -1.90. The molecule has 1 aromatic carbocycles. The maximum atomic E-state index is 11.4. The number of aliphatic imine (C=N–C) groups is 2. The van der Waals surface area contributed by atoms with Gasteiger partial charge in [0.1, 0.15) is 5.69 Å². The number of aromatic nitrogens is 3. The van der Waals surface area contributed by atoms with E-state index in [2.05, 4.69) is 32.9 Å². The predicted octanol–water partition coefficient (Wildman–Crippen LogP) is -1.23. The van der Waals surface area contributed by atoms with Crippen LogP contribution < -0.4 is 10.2 Å². The van der Waals surface area contributed by atoms with Gasteiger partial charge in [-0.15, -0.1) is 10.9 Å². The molecule has 126 valence electrons. The van der Waals surface area contributed by atoms with Crippen LogP contribution in [-0.4, -0.2) is 39.1 Å². The Labute approximate surface area is 155 Å². The SMILES string of the molecule is [O-]C(C[S-])=NCC([O-])=NCc1cn(Cc2ccccc2)nn1.[O]=[Tc+3]. The average molecular weight is 430 g/mol. The summed E-state index contributed by atoms with van der Waals surface area (Å²) in [4.78, 5) is 7.27. The van der Waals surface area contributed by atoms with Crippen LogP contribution in [-0.2, 0) is 48.1 Å². The first kappa shape index (κ1) is 20.1. The second-order valence-electron chi connectivity index (χ2n) is 4.46. The molecular weight excluding hydrogens is 416 g/mol. The zero-order valence-electron chi connectivity index (χ0n) is 12.5. The van der Waals surface area contributed by atoms with E-state index in [1.165, 1.54) is 0 Å². The number of hydrogen-bond acceptors (Lipinski definition) is 8. The van der Waals surface area contributed by atoms with E-state index in [1.807, 2.05) is 30.3 Å². The van der Waals surface area contributed by atoms with E-state index in [4.69, 9.17) is 3.50 Å². The standard InChI is InChI=1S/C14H17N5O2S.O.Tc/c20-13(7-16-14(21)10-22)15-6-12-9-19(18-17-12)8-11-4-2-1-3-5-11;;/h1-5,9,22H,6-8,10H2,(H,15,20)(H,16,21);;/q;;+3/p-3. The molecule has 2 aromatic rings.